The first-order chi connectivity index (χ1) is 13.1. The predicted octanol–water partition coefficient (Wildman–Crippen LogP) is 3.62. The largest absolute Gasteiger partial charge is 0.347 e. The van der Waals surface area contributed by atoms with Gasteiger partial charge in [0.25, 0.3) is 5.91 Å². The van der Waals surface area contributed by atoms with Gasteiger partial charge >= 0.3 is 0 Å². The van der Waals surface area contributed by atoms with E-state index in [9.17, 15) is 14.0 Å². The fourth-order valence-electron chi connectivity index (χ4n) is 5.22. The maximum absolute atomic E-state index is 14.2. The van der Waals surface area contributed by atoms with E-state index in [1.807, 2.05) is 0 Å². The van der Waals surface area contributed by atoms with Gasteiger partial charge in [0.2, 0.25) is 5.43 Å². The molecule has 0 spiro atoms. The highest BCUT2D eigenvalue weighted by atomic mass is 19.1. The molecule has 5 nitrogen and oxygen atoms in total. The number of carbonyl (C=O) groups excluding carboxylic acids is 1. The molecule has 0 radical (unpaired) electrons. The van der Waals surface area contributed by atoms with Gasteiger partial charge in [0.05, 0.1) is 0 Å². The lowest BCUT2D eigenvalue weighted by atomic mass is 9.69. The minimum absolute atomic E-state index is 0.00256. The fourth-order valence-corrected chi connectivity index (χ4v) is 5.22. The standard InChI is InChI=1S/C22H26FN3O2/c1-13-11-17(27)19(25-26(13)16-8-6-5-7-15(16)23)20(28)24-18-12-14-9-10-22(18,4)21(14,2)3/h5-8,11,14,18H,9-10,12H2,1-4H3,(H,24,28). The molecule has 6 heteroatoms. The Morgan fingerprint density at radius 3 is 2.61 bits per heavy atom. The lowest BCUT2D eigenvalue weighted by molar-refractivity contribution is 0.0818. The number of fused-ring (bicyclic) bond motifs is 2. The zero-order chi connectivity index (χ0) is 20.3. The SMILES string of the molecule is Cc1cc(=O)c(C(=O)NC2CC3CCC2(C)C3(C)C)nn1-c1ccccc1F. The number of aromatic nitrogens is 2. The summed E-state index contributed by atoms with van der Waals surface area (Å²) in [6.45, 7) is 8.44. The second-order valence-electron chi connectivity index (χ2n) is 9.00. The molecule has 0 aliphatic heterocycles. The van der Waals surface area contributed by atoms with E-state index in [0.29, 0.717) is 11.6 Å². The van der Waals surface area contributed by atoms with Crippen LogP contribution in [-0.4, -0.2) is 21.7 Å². The van der Waals surface area contributed by atoms with E-state index in [1.165, 1.54) is 23.2 Å². The van der Waals surface area contributed by atoms with Crippen molar-refractivity contribution < 1.29 is 9.18 Å². The van der Waals surface area contributed by atoms with Crippen molar-refractivity contribution in [2.45, 2.75) is 53.0 Å². The summed E-state index contributed by atoms with van der Waals surface area (Å²) in [5.41, 5.74) is 0.191. The molecule has 1 amide bonds. The molecule has 148 valence electrons. The average molecular weight is 383 g/mol. The Kier molecular flexibility index (Phi) is 4.21. The zero-order valence-electron chi connectivity index (χ0n) is 16.8. The van der Waals surface area contributed by atoms with E-state index in [4.69, 9.17) is 0 Å². The van der Waals surface area contributed by atoms with Gasteiger partial charge < -0.3 is 5.32 Å². The summed E-state index contributed by atoms with van der Waals surface area (Å²) in [4.78, 5) is 25.4. The van der Waals surface area contributed by atoms with Gasteiger partial charge in [0.1, 0.15) is 11.5 Å². The van der Waals surface area contributed by atoms with Crippen LogP contribution in [0, 0.1) is 29.5 Å². The van der Waals surface area contributed by atoms with Crippen molar-refractivity contribution in [1.29, 1.82) is 0 Å². The molecule has 0 saturated heterocycles. The molecule has 2 aromatic rings. The zero-order valence-corrected chi connectivity index (χ0v) is 16.8. The number of halogens is 1. The number of hydrogen-bond acceptors (Lipinski definition) is 3. The number of nitrogens with one attached hydrogen (secondary N) is 1. The van der Waals surface area contributed by atoms with Gasteiger partial charge in [-0.1, -0.05) is 32.9 Å². The maximum atomic E-state index is 14.2. The quantitative estimate of drug-likeness (QED) is 0.880. The van der Waals surface area contributed by atoms with Gasteiger partial charge in [-0.3, -0.25) is 9.59 Å². The number of benzene rings is 1. The summed E-state index contributed by atoms with van der Waals surface area (Å²) in [7, 11) is 0. The molecule has 1 aromatic heterocycles. The van der Waals surface area contributed by atoms with Crippen molar-refractivity contribution in [2.24, 2.45) is 16.7 Å². The lowest BCUT2D eigenvalue weighted by Gasteiger charge is -2.39. The Bertz CT molecular complexity index is 1010. The molecule has 4 rings (SSSR count). The Morgan fingerprint density at radius 1 is 1.29 bits per heavy atom. The van der Waals surface area contributed by atoms with Crippen molar-refractivity contribution in [2.75, 3.05) is 0 Å². The van der Waals surface area contributed by atoms with Crippen LogP contribution in [0.3, 0.4) is 0 Å². The van der Waals surface area contributed by atoms with Crippen molar-refractivity contribution in [3.05, 3.63) is 57.8 Å². The molecule has 1 aromatic carbocycles. The van der Waals surface area contributed by atoms with Crippen molar-refractivity contribution >= 4 is 5.91 Å². The van der Waals surface area contributed by atoms with Crippen LogP contribution in [0.4, 0.5) is 4.39 Å². The molecule has 1 N–H and O–H groups in total. The predicted molar refractivity (Wildman–Crippen MR) is 105 cm³/mol. The second-order valence-corrected chi connectivity index (χ2v) is 9.00. The average Bonchev–Trinajstić information content (AvgIpc) is 2.96. The summed E-state index contributed by atoms with van der Waals surface area (Å²) in [5, 5.41) is 7.29. The van der Waals surface area contributed by atoms with Gasteiger partial charge in [0, 0.05) is 17.8 Å². The first-order valence-corrected chi connectivity index (χ1v) is 9.82. The lowest BCUT2D eigenvalue weighted by Crippen LogP contribution is -2.48. The van der Waals surface area contributed by atoms with Crippen LogP contribution in [0.2, 0.25) is 0 Å². The van der Waals surface area contributed by atoms with Gasteiger partial charge in [-0.15, -0.1) is 0 Å². The summed E-state index contributed by atoms with van der Waals surface area (Å²) in [6, 6.07) is 7.52. The molecule has 2 fully saturated rings. The number of aryl methyl sites for hydroxylation is 1. The van der Waals surface area contributed by atoms with Crippen molar-refractivity contribution in [1.82, 2.24) is 15.1 Å². The molecule has 2 aliphatic rings. The molecular weight excluding hydrogens is 357 g/mol. The number of nitrogens with zero attached hydrogens (tertiary/aromatic N) is 2. The summed E-state index contributed by atoms with van der Waals surface area (Å²) in [5.74, 6) is -0.371. The number of carbonyl (C=O) groups is 1. The molecule has 1 heterocycles. The second kappa shape index (κ2) is 6.26. The van der Waals surface area contributed by atoms with Gasteiger partial charge in [-0.05, 0) is 55.1 Å². The minimum Gasteiger partial charge on any atom is -0.347 e. The summed E-state index contributed by atoms with van der Waals surface area (Å²) in [6.07, 6.45) is 3.16. The third-order valence-corrected chi connectivity index (χ3v) is 7.50. The van der Waals surface area contributed by atoms with Crippen LogP contribution in [0.5, 0.6) is 0 Å². The first-order valence-electron chi connectivity index (χ1n) is 9.82. The Labute approximate surface area is 164 Å². The molecule has 2 bridgehead atoms. The minimum atomic E-state index is -0.482. The Hall–Kier alpha value is -2.50. The summed E-state index contributed by atoms with van der Waals surface area (Å²) < 4.78 is 15.5. The van der Waals surface area contributed by atoms with E-state index in [-0.39, 0.29) is 28.3 Å². The van der Waals surface area contributed by atoms with Crippen molar-refractivity contribution in [3.8, 4) is 5.69 Å². The van der Waals surface area contributed by atoms with Crippen LogP contribution >= 0.6 is 0 Å². The van der Waals surface area contributed by atoms with Gasteiger partial charge in [-0.2, -0.15) is 5.10 Å². The Morgan fingerprint density at radius 2 is 2.00 bits per heavy atom. The van der Waals surface area contributed by atoms with E-state index in [2.05, 4.69) is 31.2 Å². The molecule has 2 saturated carbocycles. The molecule has 3 unspecified atom stereocenters. The first kappa shape index (κ1) is 18.8. The number of para-hydroxylation sites is 1. The van der Waals surface area contributed by atoms with Crippen LogP contribution in [0.15, 0.2) is 35.1 Å². The number of amides is 1. The van der Waals surface area contributed by atoms with Gasteiger partial charge in [-0.25, -0.2) is 9.07 Å². The topological polar surface area (TPSA) is 64.0 Å². The van der Waals surface area contributed by atoms with E-state index < -0.39 is 17.2 Å². The smallest absolute Gasteiger partial charge is 0.276 e. The van der Waals surface area contributed by atoms with Crippen molar-refractivity contribution in [3.63, 3.8) is 0 Å². The van der Waals surface area contributed by atoms with E-state index in [0.717, 1.165) is 12.8 Å². The highest BCUT2D eigenvalue weighted by Gasteiger charge is 2.61. The van der Waals surface area contributed by atoms with Crippen LogP contribution in [-0.2, 0) is 0 Å². The monoisotopic (exact) mass is 383 g/mol. The fraction of sp³-hybridized carbons (Fsp3) is 0.500. The third kappa shape index (κ3) is 2.61. The Balaban J connectivity index is 1.67. The molecule has 2 aliphatic carbocycles. The maximum Gasteiger partial charge on any atom is 0.276 e. The summed E-state index contributed by atoms with van der Waals surface area (Å²) >= 11 is 0. The van der Waals surface area contributed by atoms with Gasteiger partial charge in [0.15, 0.2) is 5.69 Å². The third-order valence-electron chi connectivity index (χ3n) is 7.50. The van der Waals surface area contributed by atoms with E-state index in [1.54, 1.807) is 25.1 Å². The molecular formula is C22H26FN3O2. The van der Waals surface area contributed by atoms with Crippen LogP contribution in [0.1, 0.15) is 56.2 Å². The highest BCUT2D eigenvalue weighted by molar-refractivity contribution is 5.92. The number of rotatable bonds is 3. The highest BCUT2D eigenvalue weighted by Crippen LogP contribution is 2.65. The van der Waals surface area contributed by atoms with Crippen LogP contribution in [0.25, 0.3) is 5.69 Å². The van der Waals surface area contributed by atoms with E-state index >= 15 is 0 Å². The normalized spacial score (nSPS) is 27.8. The molecule has 28 heavy (non-hydrogen) atoms. The number of hydrogen-bond donors (Lipinski definition) is 1. The van der Waals surface area contributed by atoms with Crippen LogP contribution < -0.4 is 10.7 Å². The molecule has 3 atom stereocenters.